The number of aryl methyl sites for hydroxylation is 2. The van der Waals surface area contributed by atoms with Crippen molar-refractivity contribution in [1.29, 1.82) is 0 Å². The highest BCUT2D eigenvalue weighted by Crippen LogP contribution is 2.27. The van der Waals surface area contributed by atoms with Gasteiger partial charge in [-0.05, 0) is 24.6 Å². The third-order valence-corrected chi connectivity index (χ3v) is 3.01. The summed E-state index contributed by atoms with van der Waals surface area (Å²) >= 11 is 0. The van der Waals surface area contributed by atoms with Crippen LogP contribution < -0.4 is 5.32 Å². The van der Waals surface area contributed by atoms with Crippen molar-refractivity contribution in [3.05, 3.63) is 51.2 Å². The number of aromatic carboxylic acids is 1. The standard InChI is InChI=1S/C13H14N4O4/c1-8-11(17(20)21)12(16(2)15-8)14-7-9-4-3-5-10(6-9)13(18)19/h3-6,14H,7H2,1-2H3,(H,18,19). The van der Waals surface area contributed by atoms with Crippen molar-refractivity contribution in [1.82, 2.24) is 9.78 Å². The van der Waals surface area contributed by atoms with Gasteiger partial charge in [-0.2, -0.15) is 5.10 Å². The molecular formula is C13H14N4O4. The van der Waals surface area contributed by atoms with Gasteiger partial charge in [0.05, 0.1) is 10.5 Å². The van der Waals surface area contributed by atoms with Gasteiger partial charge in [-0.3, -0.25) is 10.1 Å². The highest BCUT2D eigenvalue weighted by molar-refractivity contribution is 5.87. The van der Waals surface area contributed by atoms with Gasteiger partial charge in [-0.25, -0.2) is 9.48 Å². The van der Waals surface area contributed by atoms with Gasteiger partial charge in [0.1, 0.15) is 5.69 Å². The SMILES string of the molecule is Cc1nn(C)c(NCc2cccc(C(=O)O)c2)c1[N+](=O)[O-]. The van der Waals surface area contributed by atoms with Crippen molar-refractivity contribution in [3.63, 3.8) is 0 Å². The van der Waals surface area contributed by atoms with Crippen LogP contribution in [0.2, 0.25) is 0 Å². The zero-order valence-corrected chi connectivity index (χ0v) is 11.5. The van der Waals surface area contributed by atoms with Gasteiger partial charge in [0.15, 0.2) is 0 Å². The van der Waals surface area contributed by atoms with Gasteiger partial charge in [-0.15, -0.1) is 0 Å². The van der Waals surface area contributed by atoms with E-state index in [4.69, 9.17) is 5.11 Å². The molecule has 8 heteroatoms. The molecule has 0 saturated carbocycles. The Labute approximate surface area is 120 Å². The summed E-state index contributed by atoms with van der Waals surface area (Å²) in [6, 6.07) is 6.38. The molecule has 0 aliphatic heterocycles. The number of nitrogens with one attached hydrogen (secondary N) is 1. The van der Waals surface area contributed by atoms with E-state index in [0.717, 1.165) is 0 Å². The van der Waals surface area contributed by atoms with E-state index < -0.39 is 10.9 Å². The molecule has 0 spiro atoms. The summed E-state index contributed by atoms with van der Waals surface area (Å²) in [7, 11) is 1.61. The first-order valence-electron chi connectivity index (χ1n) is 6.14. The second-order valence-electron chi connectivity index (χ2n) is 4.52. The largest absolute Gasteiger partial charge is 0.478 e. The predicted molar refractivity (Wildman–Crippen MR) is 75.3 cm³/mol. The van der Waals surface area contributed by atoms with Crippen LogP contribution in [0.4, 0.5) is 11.5 Å². The molecule has 1 heterocycles. The molecule has 110 valence electrons. The number of hydrogen-bond donors (Lipinski definition) is 2. The third-order valence-electron chi connectivity index (χ3n) is 3.01. The maximum absolute atomic E-state index is 11.0. The van der Waals surface area contributed by atoms with E-state index in [1.54, 1.807) is 26.1 Å². The zero-order chi connectivity index (χ0) is 15.6. The molecule has 0 saturated heterocycles. The molecule has 0 radical (unpaired) electrons. The second-order valence-corrected chi connectivity index (χ2v) is 4.52. The minimum absolute atomic E-state index is 0.0770. The molecule has 2 N–H and O–H groups in total. The molecule has 0 fully saturated rings. The van der Waals surface area contributed by atoms with Gasteiger partial charge in [0.25, 0.3) is 0 Å². The molecule has 1 aromatic heterocycles. The Morgan fingerprint density at radius 3 is 2.86 bits per heavy atom. The summed E-state index contributed by atoms with van der Waals surface area (Å²) in [6.45, 7) is 1.83. The first kappa shape index (κ1) is 14.5. The van der Waals surface area contributed by atoms with Crippen molar-refractivity contribution < 1.29 is 14.8 Å². The number of nitro groups is 1. The quantitative estimate of drug-likeness (QED) is 0.643. The second kappa shape index (κ2) is 5.61. The van der Waals surface area contributed by atoms with Crippen LogP contribution >= 0.6 is 0 Å². The lowest BCUT2D eigenvalue weighted by atomic mass is 10.1. The monoisotopic (exact) mass is 290 g/mol. The Morgan fingerprint density at radius 1 is 1.52 bits per heavy atom. The molecular weight excluding hydrogens is 276 g/mol. The Morgan fingerprint density at radius 2 is 2.24 bits per heavy atom. The van der Waals surface area contributed by atoms with E-state index in [9.17, 15) is 14.9 Å². The number of benzene rings is 1. The lowest BCUT2D eigenvalue weighted by Gasteiger charge is -2.07. The fourth-order valence-corrected chi connectivity index (χ4v) is 2.06. The van der Waals surface area contributed by atoms with Crippen LogP contribution in [-0.2, 0) is 13.6 Å². The van der Waals surface area contributed by atoms with Gasteiger partial charge in [-0.1, -0.05) is 12.1 Å². The molecule has 0 amide bonds. The van der Waals surface area contributed by atoms with Gasteiger partial charge in [0.2, 0.25) is 5.82 Å². The van der Waals surface area contributed by atoms with E-state index in [-0.39, 0.29) is 17.8 Å². The third kappa shape index (κ3) is 2.99. The fraction of sp³-hybridized carbons (Fsp3) is 0.231. The van der Waals surface area contributed by atoms with Crippen molar-refractivity contribution in [2.24, 2.45) is 7.05 Å². The highest BCUT2D eigenvalue weighted by Gasteiger charge is 2.23. The predicted octanol–water partition coefficient (Wildman–Crippen LogP) is 1.95. The summed E-state index contributed by atoms with van der Waals surface area (Å²) in [5.41, 5.74) is 1.13. The van der Waals surface area contributed by atoms with E-state index in [2.05, 4.69) is 10.4 Å². The first-order chi connectivity index (χ1) is 9.90. The number of carboxylic acids is 1. The van der Waals surface area contributed by atoms with Crippen LogP contribution in [0.15, 0.2) is 24.3 Å². The van der Waals surface area contributed by atoms with Gasteiger partial charge < -0.3 is 10.4 Å². The van der Waals surface area contributed by atoms with Crippen molar-refractivity contribution in [3.8, 4) is 0 Å². The highest BCUT2D eigenvalue weighted by atomic mass is 16.6. The van der Waals surface area contributed by atoms with Crippen molar-refractivity contribution in [2.75, 3.05) is 5.32 Å². The number of rotatable bonds is 5. The summed E-state index contributed by atoms with van der Waals surface area (Å²) < 4.78 is 1.40. The molecule has 0 unspecified atom stereocenters. The van der Waals surface area contributed by atoms with Gasteiger partial charge >= 0.3 is 11.7 Å². The Kier molecular flexibility index (Phi) is 3.88. The average molecular weight is 290 g/mol. The fourth-order valence-electron chi connectivity index (χ4n) is 2.06. The Hall–Kier alpha value is -2.90. The molecule has 0 aliphatic carbocycles. The van der Waals surface area contributed by atoms with Crippen LogP contribution in [-0.4, -0.2) is 25.8 Å². The molecule has 0 atom stereocenters. The van der Waals surface area contributed by atoms with Crippen LogP contribution in [0.1, 0.15) is 21.6 Å². The minimum atomic E-state index is -1.01. The number of carboxylic acid groups (broad SMARTS) is 1. The summed E-state index contributed by atoms with van der Waals surface area (Å²) in [6.07, 6.45) is 0. The number of nitrogens with zero attached hydrogens (tertiary/aromatic N) is 3. The van der Waals surface area contributed by atoms with Crippen LogP contribution in [0.3, 0.4) is 0 Å². The molecule has 8 nitrogen and oxygen atoms in total. The minimum Gasteiger partial charge on any atom is -0.478 e. The summed E-state index contributed by atoms with van der Waals surface area (Å²) in [5, 5.41) is 26.9. The molecule has 0 bridgehead atoms. The van der Waals surface area contributed by atoms with Crippen LogP contribution in [0, 0.1) is 17.0 Å². The van der Waals surface area contributed by atoms with Gasteiger partial charge in [0, 0.05) is 13.6 Å². The summed E-state index contributed by atoms with van der Waals surface area (Å²) in [5.74, 6) is -0.725. The molecule has 1 aromatic carbocycles. The molecule has 0 aliphatic rings. The number of aromatic nitrogens is 2. The van der Waals surface area contributed by atoms with Crippen molar-refractivity contribution in [2.45, 2.75) is 13.5 Å². The van der Waals surface area contributed by atoms with Crippen molar-refractivity contribution >= 4 is 17.5 Å². The average Bonchev–Trinajstić information content (AvgIpc) is 2.71. The normalized spacial score (nSPS) is 10.4. The molecule has 2 rings (SSSR count). The van der Waals surface area contributed by atoms with Crippen LogP contribution in [0.25, 0.3) is 0 Å². The molecule has 2 aromatic rings. The number of anilines is 1. The first-order valence-corrected chi connectivity index (χ1v) is 6.14. The zero-order valence-electron chi connectivity index (χ0n) is 11.5. The summed E-state index contributed by atoms with van der Waals surface area (Å²) in [4.78, 5) is 21.5. The lowest BCUT2D eigenvalue weighted by Crippen LogP contribution is -2.07. The number of hydrogen-bond acceptors (Lipinski definition) is 5. The Balaban J connectivity index is 2.23. The van der Waals surface area contributed by atoms with Crippen LogP contribution in [0.5, 0.6) is 0 Å². The van der Waals surface area contributed by atoms with E-state index in [1.807, 2.05) is 0 Å². The maximum atomic E-state index is 11.0. The Bertz CT molecular complexity index is 708. The number of carbonyl (C=O) groups is 1. The van der Waals surface area contributed by atoms with E-state index in [0.29, 0.717) is 17.1 Å². The topological polar surface area (TPSA) is 110 Å². The van der Waals surface area contributed by atoms with E-state index in [1.165, 1.54) is 16.8 Å². The lowest BCUT2D eigenvalue weighted by molar-refractivity contribution is -0.384. The van der Waals surface area contributed by atoms with E-state index >= 15 is 0 Å². The maximum Gasteiger partial charge on any atom is 0.335 e. The molecule has 21 heavy (non-hydrogen) atoms. The smallest absolute Gasteiger partial charge is 0.335 e.